The van der Waals surface area contributed by atoms with Gasteiger partial charge in [-0.2, -0.15) is 0 Å². The highest BCUT2D eigenvalue weighted by Gasteiger charge is 2.59. The van der Waals surface area contributed by atoms with Gasteiger partial charge in [0, 0.05) is 50.4 Å². The first-order valence-electron chi connectivity index (χ1n) is 23.9. The molecule has 0 aromatic rings. The molecule has 3 aliphatic heterocycles. The van der Waals surface area contributed by atoms with Crippen molar-refractivity contribution in [2.45, 2.75) is 225 Å². The Labute approximate surface area is 370 Å². The maximum Gasteiger partial charge on any atom is 0.187 e. The Kier molecular flexibility index (Phi) is 16.6. The molecule has 5 fully saturated rings. The number of ketones is 1. The van der Waals surface area contributed by atoms with Gasteiger partial charge in [0.2, 0.25) is 0 Å². The lowest BCUT2D eigenvalue weighted by Gasteiger charge is -2.51. The highest BCUT2D eigenvalue weighted by atomic mass is 16.7. The Hall–Kier alpha value is -1.11. The molecule has 3 heterocycles. The third-order valence-electron chi connectivity index (χ3n) is 16.7. The molecule has 0 radical (unpaired) electrons. The molecule has 0 aromatic carbocycles. The third kappa shape index (κ3) is 11.0. The van der Waals surface area contributed by atoms with Gasteiger partial charge in [-0.05, 0) is 93.3 Å². The Balaban J connectivity index is 1.15. The van der Waals surface area contributed by atoms with Gasteiger partial charge in [0.05, 0.1) is 74.3 Å². The first-order chi connectivity index (χ1) is 29.1. The van der Waals surface area contributed by atoms with Gasteiger partial charge in [0.25, 0.3) is 0 Å². The van der Waals surface area contributed by atoms with Gasteiger partial charge in [0.1, 0.15) is 11.9 Å². The number of Topliss-reactive ketones (excluding diaryl/α,β-unsaturated/α-hetero) is 1. The monoisotopic (exact) mass is 883 g/mol. The van der Waals surface area contributed by atoms with Gasteiger partial charge in [0.15, 0.2) is 18.9 Å². The normalized spacial score (nSPS) is 45.0. The average molecular weight is 883 g/mol. The van der Waals surface area contributed by atoms with Crippen molar-refractivity contribution < 1.29 is 69.0 Å². The van der Waals surface area contributed by atoms with Crippen LogP contribution in [-0.2, 0) is 33.2 Å². The standard InChI is InChI=1S/C48H82O14/c1-27(9-13-40(46(5,6)56)61-44-43(38(55)22-35(26-51)59-44)62-42-21-31(53)19-34(25-50)58-42)36-15-16-47(7)28(2)10-12-37-29(17-32(54)23-48(36,47)8)11-14-39(45(37,3)4)60-41-20-30(52)18-33(24-49)57-41/h12,27-31,33-36,38-44,49-53,55-56H,9-11,13-26H2,1-8H3/b37-12+/t27-,28?,29?,30+,31+,33+,34?,35+,36?,38+,39+,40-,41+,42+,43?,44+,47+,48-/m1/s1. The second-order valence-electron chi connectivity index (χ2n) is 21.9. The predicted molar refractivity (Wildman–Crippen MR) is 229 cm³/mol. The van der Waals surface area contributed by atoms with E-state index >= 15 is 0 Å². The zero-order valence-corrected chi connectivity index (χ0v) is 38.8. The van der Waals surface area contributed by atoms with Gasteiger partial charge in [-0.1, -0.05) is 53.2 Å². The fraction of sp³-hybridized carbons (Fsp3) is 0.938. The molecule has 0 amide bonds. The number of aliphatic hydroxyl groups is 7. The molecule has 0 aromatic heterocycles. The average Bonchev–Trinajstić information content (AvgIpc) is 3.46. The maximum atomic E-state index is 14.5. The van der Waals surface area contributed by atoms with Crippen LogP contribution in [-0.4, -0.2) is 141 Å². The number of fused-ring (bicyclic) bond motifs is 2. The summed E-state index contributed by atoms with van der Waals surface area (Å²) in [6.45, 7) is 16.4. The molecule has 3 aliphatic carbocycles. The molecule has 5 unspecified atom stereocenters. The minimum atomic E-state index is -1.31. The van der Waals surface area contributed by atoms with Crippen LogP contribution in [0.15, 0.2) is 11.6 Å². The second kappa shape index (κ2) is 20.4. The quantitative estimate of drug-likeness (QED) is 0.118. The fourth-order valence-electron chi connectivity index (χ4n) is 12.6. The molecule has 0 bridgehead atoms. The molecule has 358 valence electrons. The summed E-state index contributed by atoms with van der Waals surface area (Å²) >= 11 is 0. The highest BCUT2D eigenvalue weighted by molar-refractivity contribution is 5.80. The van der Waals surface area contributed by atoms with Crippen molar-refractivity contribution in [2.24, 2.45) is 39.9 Å². The van der Waals surface area contributed by atoms with Gasteiger partial charge in [-0.15, -0.1) is 0 Å². The molecule has 0 spiro atoms. The molecular weight excluding hydrogens is 801 g/mol. The summed E-state index contributed by atoms with van der Waals surface area (Å²) in [7, 11) is 0. The molecule has 7 N–H and O–H groups in total. The second-order valence-corrected chi connectivity index (χ2v) is 21.9. The molecule has 6 aliphatic rings. The summed E-state index contributed by atoms with van der Waals surface area (Å²) in [6, 6.07) is 0. The minimum Gasteiger partial charge on any atom is -0.394 e. The van der Waals surface area contributed by atoms with E-state index in [0.29, 0.717) is 44.4 Å². The van der Waals surface area contributed by atoms with Crippen LogP contribution in [0.3, 0.4) is 0 Å². The summed E-state index contributed by atoms with van der Waals surface area (Å²) < 4.78 is 37.3. The number of hydrogen-bond donors (Lipinski definition) is 7. The van der Waals surface area contributed by atoms with Crippen LogP contribution in [0.5, 0.6) is 0 Å². The molecule has 14 heteroatoms. The number of aliphatic hydroxyl groups excluding tert-OH is 6. The Morgan fingerprint density at radius 1 is 0.806 bits per heavy atom. The van der Waals surface area contributed by atoms with Gasteiger partial charge >= 0.3 is 0 Å². The van der Waals surface area contributed by atoms with Crippen LogP contribution >= 0.6 is 0 Å². The molecule has 62 heavy (non-hydrogen) atoms. The number of carbonyl (C=O) groups excluding carboxylic acids is 1. The van der Waals surface area contributed by atoms with Crippen LogP contribution in [0.1, 0.15) is 145 Å². The third-order valence-corrected chi connectivity index (χ3v) is 16.7. The van der Waals surface area contributed by atoms with Crippen LogP contribution in [0, 0.1) is 39.9 Å². The van der Waals surface area contributed by atoms with Crippen molar-refractivity contribution >= 4 is 5.78 Å². The molecular formula is C48H82O14. The van der Waals surface area contributed by atoms with Gasteiger partial charge in [-0.3, -0.25) is 4.79 Å². The van der Waals surface area contributed by atoms with Crippen molar-refractivity contribution in [3.63, 3.8) is 0 Å². The van der Waals surface area contributed by atoms with Crippen molar-refractivity contribution in [3.05, 3.63) is 11.6 Å². The summed E-state index contributed by atoms with van der Waals surface area (Å²) in [5, 5.41) is 73.1. The molecule has 2 saturated carbocycles. The van der Waals surface area contributed by atoms with Crippen LogP contribution < -0.4 is 0 Å². The molecule has 14 nitrogen and oxygen atoms in total. The number of rotatable bonds is 14. The van der Waals surface area contributed by atoms with E-state index in [1.54, 1.807) is 13.8 Å². The highest BCUT2D eigenvalue weighted by Crippen LogP contribution is 2.65. The molecule has 18 atom stereocenters. The number of hydrogen-bond acceptors (Lipinski definition) is 14. The van der Waals surface area contributed by atoms with E-state index in [-0.39, 0.29) is 85.0 Å². The van der Waals surface area contributed by atoms with Crippen molar-refractivity contribution in [3.8, 4) is 0 Å². The van der Waals surface area contributed by atoms with E-state index in [1.807, 2.05) is 0 Å². The lowest BCUT2D eigenvalue weighted by Crippen LogP contribution is -2.56. The van der Waals surface area contributed by atoms with Crippen molar-refractivity contribution in [1.29, 1.82) is 0 Å². The largest absolute Gasteiger partial charge is 0.394 e. The Bertz CT molecular complexity index is 1500. The zero-order valence-electron chi connectivity index (χ0n) is 38.8. The predicted octanol–water partition coefficient (Wildman–Crippen LogP) is 4.69. The van der Waals surface area contributed by atoms with E-state index in [1.165, 1.54) is 5.57 Å². The summed E-state index contributed by atoms with van der Waals surface area (Å²) in [5.74, 6) is 1.13. The number of carbonyl (C=O) groups is 1. The lowest BCUT2D eigenvalue weighted by molar-refractivity contribution is -0.341. The van der Waals surface area contributed by atoms with E-state index in [4.69, 9.17) is 28.4 Å². The summed E-state index contributed by atoms with van der Waals surface area (Å²) in [6.07, 6.45) is 1.53. The summed E-state index contributed by atoms with van der Waals surface area (Å²) in [5.41, 5.74) is -0.758. The van der Waals surface area contributed by atoms with Crippen LogP contribution in [0.4, 0.5) is 0 Å². The van der Waals surface area contributed by atoms with Gasteiger partial charge in [-0.25, -0.2) is 0 Å². The topological polar surface area (TPSA) is 214 Å². The SMILES string of the molecule is CC1C/C=C2\C(CC[C@H](O[C@H]3C[C@@H](O)C[C@@H](CO)O3)C2(C)C)CC(=O)C[C@]2(C)C([C@H](C)CC[C@@H](O[C@@H]3O[C@H](CO)C[C@H](O)C3O[C@H]3C[C@@H](O)CC(CO)O3)C(C)(C)O)CC[C@@]12C. The molecule has 6 rings (SSSR count). The van der Waals surface area contributed by atoms with E-state index in [2.05, 4.69) is 47.6 Å². The van der Waals surface area contributed by atoms with E-state index in [0.717, 1.165) is 32.1 Å². The van der Waals surface area contributed by atoms with Gasteiger partial charge < -0.3 is 64.2 Å². The number of ether oxygens (including phenoxy) is 6. The number of allylic oxidation sites excluding steroid dienone is 1. The van der Waals surface area contributed by atoms with Crippen molar-refractivity contribution in [2.75, 3.05) is 19.8 Å². The lowest BCUT2D eigenvalue weighted by atomic mass is 9.53. The fourth-order valence-corrected chi connectivity index (χ4v) is 12.6. The zero-order chi connectivity index (χ0) is 45.4. The maximum absolute atomic E-state index is 14.5. The summed E-state index contributed by atoms with van der Waals surface area (Å²) in [4.78, 5) is 14.5. The van der Waals surface area contributed by atoms with Crippen LogP contribution in [0.2, 0.25) is 0 Å². The van der Waals surface area contributed by atoms with E-state index < -0.39 is 73.3 Å². The Morgan fingerprint density at radius 3 is 2.00 bits per heavy atom. The van der Waals surface area contributed by atoms with E-state index in [9.17, 15) is 40.5 Å². The Morgan fingerprint density at radius 2 is 1.40 bits per heavy atom. The molecule has 3 saturated heterocycles. The van der Waals surface area contributed by atoms with Crippen LogP contribution in [0.25, 0.3) is 0 Å². The first kappa shape index (κ1) is 50.3. The van der Waals surface area contributed by atoms with Crippen molar-refractivity contribution in [1.82, 2.24) is 0 Å². The smallest absolute Gasteiger partial charge is 0.187 e. The first-order valence-corrected chi connectivity index (χ1v) is 23.9. The minimum absolute atomic E-state index is 0.0960.